The summed E-state index contributed by atoms with van der Waals surface area (Å²) in [6.07, 6.45) is 0.567. The third-order valence-electron chi connectivity index (χ3n) is 3.17. The van der Waals surface area contributed by atoms with E-state index in [1.54, 1.807) is 17.4 Å². The van der Waals surface area contributed by atoms with Crippen LogP contribution in [0.1, 0.15) is 35.2 Å². The van der Waals surface area contributed by atoms with Gasteiger partial charge in [0.25, 0.3) is 0 Å². The summed E-state index contributed by atoms with van der Waals surface area (Å²) in [5.74, 6) is -0.664. The molecule has 118 valence electrons. The van der Waals surface area contributed by atoms with Gasteiger partial charge in [-0.05, 0) is 31.0 Å². The largest absolute Gasteiger partial charge is 0.388 e. The van der Waals surface area contributed by atoms with Gasteiger partial charge in [-0.3, -0.25) is 4.79 Å². The van der Waals surface area contributed by atoms with Crippen molar-refractivity contribution in [2.24, 2.45) is 0 Å². The van der Waals surface area contributed by atoms with Gasteiger partial charge in [-0.1, -0.05) is 12.1 Å². The van der Waals surface area contributed by atoms with Crippen LogP contribution in [0.15, 0.2) is 29.6 Å². The Kier molecular flexibility index (Phi) is 6.03. The van der Waals surface area contributed by atoms with Crippen molar-refractivity contribution in [2.75, 3.05) is 6.54 Å². The average Bonchev–Trinajstić information content (AvgIpc) is 2.89. The van der Waals surface area contributed by atoms with Crippen LogP contribution in [0.4, 0.5) is 4.39 Å². The van der Waals surface area contributed by atoms with Gasteiger partial charge in [0, 0.05) is 24.0 Å². The molecule has 2 aromatic rings. The molecule has 1 aromatic carbocycles. The van der Waals surface area contributed by atoms with E-state index in [2.05, 4.69) is 10.3 Å². The number of rotatable bonds is 7. The summed E-state index contributed by atoms with van der Waals surface area (Å²) in [4.78, 5) is 16.1. The lowest BCUT2D eigenvalue weighted by Gasteiger charge is -2.11. The first-order valence-electron chi connectivity index (χ1n) is 7.16. The van der Waals surface area contributed by atoms with Crippen molar-refractivity contribution in [3.8, 4) is 0 Å². The zero-order valence-corrected chi connectivity index (χ0v) is 13.2. The van der Waals surface area contributed by atoms with Crippen molar-refractivity contribution in [3.05, 3.63) is 51.7 Å². The molecule has 22 heavy (non-hydrogen) atoms. The highest BCUT2D eigenvalue weighted by atomic mass is 32.1. The first-order valence-corrected chi connectivity index (χ1v) is 8.04. The van der Waals surface area contributed by atoms with Crippen molar-refractivity contribution in [1.82, 2.24) is 10.3 Å². The molecule has 6 heteroatoms. The Hall–Kier alpha value is -1.79. The molecule has 4 nitrogen and oxygen atoms in total. The van der Waals surface area contributed by atoms with Gasteiger partial charge in [0.05, 0.1) is 17.5 Å². The Balaban J connectivity index is 1.69. The van der Waals surface area contributed by atoms with Crippen molar-refractivity contribution in [2.45, 2.75) is 32.3 Å². The van der Waals surface area contributed by atoms with Gasteiger partial charge in [0.2, 0.25) is 5.91 Å². The van der Waals surface area contributed by atoms with E-state index in [4.69, 9.17) is 0 Å². The van der Waals surface area contributed by atoms with Crippen LogP contribution in [0.3, 0.4) is 0 Å². The van der Waals surface area contributed by atoms with Crippen LogP contribution >= 0.6 is 11.3 Å². The van der Waals surface area contributed by atoms with Gasteiger partial charge in [-0.25, -0.2) is 9.37 Å². The Morgan fingerprint density at radius 1 is 1.50 bits per heavy atom. The summed E-state index contributed by atoms with van der Waals surface area (Å²) in [5.41, 5.74) is 1.43. The molecule has 0 bridgehead atoms. The standard InChI is InChI=1S/C16H19FN2O2S/c1-11-10-22-16(19-11)6-3-7-18-15(21)9-14(20)12-4-2-5-13(17)8-12/h2,4-5,8,10,14,20H,3,6-7,9H2,1H3,(H,18,21). The van der Waals surface area contributed by atoms with E-state index in [-0.39, 0.29) is 12.3 Å². The summed E-state index contributed by atoms with van der Waals surface area (Å²) in [6.45, 7) is 2.49. The maximum absolute atomic E-state index is 13.1. The molecule has 0 spiro atoms. The minimum absolute atomic E-state index is 0.0696. The van der Waals surface area contributed by atoms with Gasteiger partial charge in [0.1, 0.15) is 5.82 Å². The maximum Gasteiger partial charge on any atom is 0.222 e. The predicted octanol–water partition coefficient (Wildman–Crippen LogP) is 2.76. The van der Waals surface area contributed by atoms with Crippen LogP contribution < -0.4 is 5.32 Å². The Bertz CT molecular complexity index is 630. The molecule has 0 radical (unpaired) electrons. The van der Waals surface area contributed by atoms with E-state index >= 15 is 0 Å². The van der Waals surface area contributed by atoms with E-state index in [1.807, 2.05) is 12.3 Å². The Labute approximate surface area is 133 Å². The number of aliphatic hydroxyl groups is 1. The summed E-state index contributed by atoms with van der Waals surface area (Å²) in [5, 5.41) is 15.7. The summed E-state index contributed by atoms with van der Waals surface area (Å²) < 4.78 is 13.1. The minimum atomic E-state index is -0.989. The number of aryl methyl sites for hydroxylation is 2. The zero-order valence-electron chi connectivity index (χ0n) is 12.4. The van der Waals surface area contributed by atoms with Crippen molar-refractivity contribution in [3.63, 3.8) is 0 Å². The third-order valence-corrected chi connectivity index (χ3v) is 4.19. The second-order valence-corrected chi connectivity index (χ2v) is 6.05. The molecule has 0 saturated carbocycles. The molecule has 0 aliphatic carbocycles. The number of hydrogen-bond donors (Lipinski definition) is 2. The van der Waals surface area contributed by atoms with Gasteiger partial charge < -0.3 is 10.4 Å². The van der Waals surface area contributed by atoms with E-state index in [1.165, 1.54) is 18.2 Å². The number of carbonyl (C=O) groups is 1. The number of aliphatic hydroxyl groups excluding tert-OH is 1. The Morgan fingerprint density at radius 2 is 2.32 bits per heavy atom. The molecule has 0 saturated heterocycles. The molecule has 1 heterocycles. The second kappa shape index (κ2) is 8.00. The van der Waals surface area contributed by atoms with Crippen LogP contribution in [0.2, 0.25) is 0 Å². The number of carbonyl (C=O) groups excluding carboxylic acids is 1. The number of hydrogen-bond acceptors (Lipinski definition) is 4. The van der Waals surface area contributed by atoms with Crippen LogP contribution in [-0.2, 0) is 11.2 Å². The molecular formula is C16H19FN2O2S. The number of benzene rings is 1. The third kappa shape index (κ3) is 5.20. The van der Waals surface area contributed by atoms with E-state index in [0.717, 1.165) is 23.5 Å². The highest BCUT2D eigenvalue weighted by Gasteiger charge is 2.13. The molecule has 0 fully saturated rings. The van der Waals surface area contributed by atoms with E-state index < -0.39 is 11.9 Å². The van der Waals surface area contributed by atoms with Crippen LogP contribution in [0, 0.1) is 12.7 Å². The lowest BCUT2D eigenvalue weighted by molar-refractivity contribution is -0.123. The SMILES string of the molecule is Cc1csc(CCCNC(=O)CC(O)c2cccc(F)c2)n1. The van der Waals surface area contributed by atoms with Gasteiger partial charge in [-0.2, -0.15) is 0 Å². The fourth-order valence-electron chi connectivity index (χ4n) is 2.06. The average molecular weight is 322 g/mol. The van der Waals surface area contributed by atoms with Gasteiger partial charge in [-0.15, -0.1) is 11.3 Å². The molecule has 0 aliphatic heterocycles. The van der Waals surface area contributed by atoms with Gasteiger partial charge in [0.15, 0.2) is 0 Å². The fraction of sp³-hybridized carbons (Fsp3) is 0.375. The minimum Gasteiger partial charge on any atom is -0.388 e. The number of nitrogens with zero attached hydrogens (tertiary/aromatic N) is 1. The van der Waals surface area contributed by atoms with Crippen LogP contribution in [0.25, 0.3) is 0 Å². The molecule has 1 atom stereocenters. The first-order chi connectivity index (χ1) is 10.5. The molecule has 1 aromatic heterocycles. The lowest BCUT2D eigenvalue weighted by Crippen LogP contribution is -2.26. The van der Waals surface area contributed by atoms with Crippen LogP contribution in [0.5, 0.6) is 0 Å². The smallest absolute Gasteiger partial charge is 0.222 e. The molecular weight excluding hydrogens is 303 g/mol. The quantitative estimate of drug-likeness (QED) is 0.771. The number of amides is 1. The first kappa shape index (κ1) is 16.6. The fourth-order valence-corrected chi connectivity index (χ4v) is 2.88. The molecule has 1 amide bonds. The number of aromatic nitrogens is 1. The number of halogens is 1. The van der Waals surface area contributed by atoms with E-state index in [9.17, 15) is 14.3 Å². The Morgan fingerprint density at radius 3 is 3.00 bits per heavy atom. The highest BCUT2D eigenvalue weighted by Crippen LogP contribution is 2.17. The summed E-state index contributed by atoms with van der Waals surface area (Å²) in [7, 11) is 0. The van der Waals surface area contributed by atoms with Crippen molar-refractivity contribution < 1.29 is 14.3 Å². The number of thiazole rings is 1. The normalized spacial score (nSPS) is 12.1. The lowest BCUT2D eigenvalue weighted by atomic mass is 10.1. The van der Waals surface area contributed by atoms with Gasteiger partial charge >= 0.3 is 0 Å². The van der Waals surface area contributed by atoms with Crippen molar-refractivity contribution in [1.29, 1.82) is 0 Å². The maximum atomic E-state index is 13.1. The zero-order chi connectivity index (χ0) is 15.9. The monoisotopic (exact) mass is 322 g/mol. The van der Waals surface area contributed by atoms with Crippen LogP contribution in [-0.4, -0.2) is 22.5 Å². The summed E-state index contributed by atoms with van der Waals surface area (Å²) in [6, 6.07) is 5.66. The summed E-state index contributed by atoms with van der Waals surface area (Å²) >= 11 is 1.62. The molecule has 2 rings (SSSR count). The predicted molar refractivity (Wildman–Crippen MR) is 84.2 cm³/mol. The number of nitrogens with one attached hydrogen (secondary N) is 1. The highest BCUT2D eigenvalue weighted by molar-refractivity contribution is 7.09. The molecule has 2 N–H and O–H groups in total. The molecule has 0 aliphatic rings. The topological polar surface area (TPSA) is 62.2 Å². The second-order valence-electron chi connectivity index (χ2n) is 5.11. The van der Waals surface area contributed by atoms with Crippen molar-refractivity contribution >= 4 is 17.2 Å². The molecule has 1 unspecified atom stereocenters. The van der Waals surface area contributed by atoms with E-state index in [0.29, 0.717) is 12.1 Å².